The predicted octanol–water partition coefficient (Wildman–Crippen LogP) is 5.91. The van der Waals surface area contributed by atoms with Gasteiger partial charge in [0.1, 0.15) is 5.56 Å². The molecule has 0 bridgehead atoms. The monoisotopic (exact) mass is 407 g/mol. The van der Waals surface area contributed by atoms with Crippen molar-refractivity contribution in [2.24, 2.45) is 0 Å². The number of alkyl halides is 6. The van der Waals surface area contributed by atoms with Gasteiger partial charge >= 0.3 is 12.4 Å². The normalized spacial score (nSPS) is 12.1. The first-order chi connectivity index (χ1) is 13.1. The maximum atomic E-state index is 12.9. The van der Waals surface area contributed by atoms with Gasteiger partial charge in [-0.25, -0.2) is 4.98 Å². The molecule has 0 aliphatic heterocycles. The lowest BCUT2D eigenvalue weighted by molar-refractivity contribution is -0.159. The molecule has 0 amide bonds. The number of unbranched alkanes of at least 4 members (excludes halogenated alkanes) is 2. The zero-order chi connectivity index (χ0) is 20.8. The van der Waals surface area contributed by atoms with Gasteiger partial charge in [0, 0.05) is 11.9 Å². The van der Waals surface area contributed by atoms with E-state index in [-0.39, 0.29) is 5.95 Å². The molecule has 0 unspecified atom stereocenters. The Labute approximate surface area is 158 Å². The molecule has 1 aromatic heterocycles. The maximum Gasteiger partial charge on any atom is 0.423 e. The van der Waals surface area contributed by atoms with Crippen molar-refractivity contribution in [2.75, 3.05) is 11.9 Å². The summed E-state index contributed by atoms with van der Waals surface area (Å²) in [5, 5.41) is 2.66. The molecule has 0 saturated carbocycles. The molecular weight excluding hydrogens is 388 g/mol. The van der Waals surface area contributed by atoms with E-state index in [1.54, 1.807) is 12.1 Å². The number of aryl methyl sites for hydroxylation is 1. The quantitative estimate of drug-likeness (QED) is 0.436. The molecule has 0 atom stereocenters. The van der Waals surface area contributed by atoms with Crippen LogP contribution in [0.25, 0.3) is 0 Å². The Kier molecular flexibility index (Phi) is 7.09. The summed E-state index contributed by atoms with van der Waals surface area (Å²) in [7, 11) is 0. The van der Waals surface area contributed by atoms with Crippen molar-refractivity contribution < 1.29 is 31.1 Å². The number of hydrogen-bond donors (Lipinski definition) is 1. The first kappa shape index (κ1) is 21.8. The average Bonchev–Trinajstić information content (AvgIpc) is 2.60. The highest BCUT2D eigenvalue weighted by Crippen LogP contribution is 2.36. The van der Waals surface area contributed by atoms with Crippen LogP contribution in [0.4, 0.5) is 38.0 Å². The summed E-state index contributed by atoms with van der Waals surface area (Å²) < 4.78 is 80.0. The predicted molar refractivity (Wildman–Crippen MR) is 91.5 cm³/mol. The summed E-state index contributed by atoms with van der Waals surface area (Å²) in [5.74, 6) is -1.48. The maximum absolute atomic E-state index is 12.9. The van der Waals surface area contributed by atoms with E-state index in [0.717, 1.165) is 31.2 Å². The van der Waals surface area contributed by atoms with E-state index in [2.05, 4.69) is 26.9 Å². The van der Waals surface area contributed by atoms with Gasteiger partial charge in [0.2, 0.25) is 11.8 Å². The van der Waals surface area contributed by atoms with Crippen molar-refractivity contribution in [2.45, 2.75) is 45.0 Å². The lowest BCUT2D eigenvalue weighted by Crippen LogP contribution is -2.22. The van der Waals surface area contributed by atoms with Crippen LogP contribution in [-0.2, 0) is 12.6 Å². The molecule has 1 N–H and O–H groups in total. The van der Waals surface area contributed by atoms with Gasteiger partial charge in [-0.1, -0.05) is 31.9 Å². The zero-order valence-electron chi connectivity index (χ0n) is 15.0. The first-order valence-electron chi connectivity index (χ1n) is 8.58. The molecule has 28 heavy (non-hydrogen) atoms. The highest BCUT2D eigenvalue weighted by atomic mass is 19.4. The number of benzene rings is 1. The second kappa shape index (κ2) is 9.11. The Balaban J connectivity index is 2.14. The van der Waals surface area contributed by atoms with Crippen LogP contribution in [0, 0.1) is 0 Å². The van der Waals surface area contributed by atoms with Gasteiger partial charge in [-0.2, -0.15) is 31.3 Å². The molecule has 1 aromatic carbocycles. The highest BCUT2D eigenvalue weighted by Gasteiger charge is 2.38. The third-order valence-electron chi connectivity index (χ3n) is 3.71. The molecule has 10 heteroatoms. The number of nitrogens with zero attached hydrogens (tertiary/aromatic N) is 2. The number of aromatic nitrogens is 2. The molecule has 0 saturated heterocycles. The molecule has 2 aromatic rings. The van der Waals surface area contributed by atoms with E-state index in [4.69, 9.17) is 0 Å². The Bertz CT molecular complexity index is 759. The number of halogens is 6. The van der Waals surface area contributed by atoms with Crippen LogP contribution in [0.5, 0.6) is 5.88 Å². The minimum Gasteiger partial charge on any atom is -0.467 e. The number of anilines is 2. The zero-order valence-corrected chi connectivity index (χ0v) is 15.0. The second-order valence-electron chi connectivity index (χ2n) is 6.09. The summed E-state index contributed by atoms with van der Waals surface area (Å²) >= 11 is 0. The van der Waals surface area contributed by atoms with Crippen LogP contribution in [0.1, 0.15) is 37.3 Å². The van der Waals surface area contributed by atoms with Gasteiger partial charge in [0.05, 0.1) is 0 Å². The fourth-order valence-corrected chi connectivity index (χ4v) is 2.34. The van der Waals surface area contributed by atoms with E-state index < -0.39 is 30.4 Å². The molecule has 154 valence electrons. The van der Waals surface area contributed by atoms with Crippen molar-refractivity contribution in [1.29, 1.82) is 0 Å². The van der Waals surface area contributed by atoms with E-state index in [1.807, 2.05) is 12.1 Å². The molecule has 0 spiro atoms. The fraction of sp³-hybridized carbons (Fsp3) is 0.444. The van der Waals surface area contributed by atoms with Gasteiger partial charge in [0.15, 0.2) is 6.61 Å². The van der Waals surface area contributed by atoms with Crippen LogP contribution in [0.3, 0.4) is 0 Å². The standard InChI is InChI=1S/C18H19F6N3O/c1-2-3-4-5-12-6-8-13(9-7-12)26-16-25-10-14(18(22,23)24)15(27-16)28-11-17(19,20)21/h6-10H,2-5,11H2,1H3,(H,25,26,27). The Hall–Kier alpha value is -2.52. The lowest BCUT2D eigenvalue weighted by atomic mass is 10.1. The van der Waals surface area contributed by atoms with Crippen LogP contribution >= 0.6 is 0 Å². The molecule has 2 rings (SSSR count). The Morgan fingerprint density at radius 3 is 2.25 bits per heavy atom. The Morgan fingerprint density at radius 1 is 1.00 bits per heavy atom. The molecule has 0 aliphatic carbocycles. The van der Waals surface area contributed by atoms with Crippen LogP contribution < -0.4 is 10.1 Å². The van der Waals surface area contributed by atoms with E-state index in [9.17, 15) is 26.3 Å². The van der Waals surface area contributed by atoms with Crippen molar-refractivity contribution >= 4 is 11.6 Å². The van der Waals surface area contributed by atoms with Gasteiger partial charge in [-0.05, 0) is 30.5 Å². The van der Waals surface area contributed by atoms with E-state index in [1.165, 1.54) is 0 Å². The number of ether oxygens (including phenoxy) is 1. The molecular formula is C18H19F6N3O. The largest absolute Gasteiger partial charge is 0.467 e. The fourth-order valence-electron chi connectivity index (χ4n) is 2.34. The Morgan fingerprint density at radius 2 is 1.68 bits per heavy atom. The van der Waals surface area contributed by atoms with E-state index in [0.29, 0.717) is 11.9 Å². The molecule has 0 radical (unpaired) electrons. The van der Waals surface area contributed by atoms with Crippen LogP contribution in [0.2, 0.25) is 0 Å². The molecule has 0 fully saturated rings. The topological polar surface area (TPSA) is 47.0 Å². The van der Waals surface area contributed by atoms with Crippen molar-refractivity contribution in [3.63, 3.8) is 0 Å². The van der Waals surface area contributed by atoms with Gasteiger partial charge < -0.3 is 10.1 Å². The van der Waals surface area contributed by atoms with Crippen molar-refractivity contribution in [3.05, 3.63) is 41.6 Å². The second-order valence-corrected chi connectivity index (χ2v) is 6.09. The van der Waals surface area contributed by atoms with Gasteiger partial charge in [0.25, 0.3) is 0 Å². The smallest absolute Gasteiger partial charge is 0.423 e. The van der Waals surface area contributed by atoms with Gasteiger partial charge in [-0.3, -0.25) is 0 Å². The average molecular weight is 407 g/mol. The van der Waals surface area contributed by atoms with Crippen LogP contribution in [-0.4, -0.2) is 22.8 Å². The summed E-state index contributed by atoms with van der Waals surface area (Å²) in [4.78, 5) is 6.98. The minimum atomic E-state index is -4.94. The summed E-state index contributed by atoms with van der Waals surface area (Å²) in [6.07, 6.45) is -5.19. The van der Waals surface area contributed by atoms with Crippen molar-refractivity contribution in [1.82, 2.24) is 9.97 Å². The SMILES string of the molecule is CCCCCc1ccc(Nc2ncc(C(F)(F)F)c(OCC(F)(F)F)n2)cc1. The van der Waals surface area contributed by atoms with E-state index >= 15 is 0 Å². The number of nitrogens with one attached hydrogen (secondary N) is 1. The number of rotatable bonds is 8. The third kappa shape index (κ3) is 6.90. The highest BCUT2D eigenvalue weighted by molar-refractivity contribution is 5.54. The number of hydrogen-bond acceptors (Lipinski definition) is 4. The first-order valence-corrected chi connectivity index (χ1v) is 8.58. The third-order valence-corrected chi connectivity index (χ3v) is 3.71. The molecule has 4 nitrogen and oxygen atoms in total. The van der Waals surface area contributed by atoms with Gasteiger partial charge in [-0.15, -0.1) is 0 Å². The summed E-state index contributed by atoms with van der Waals surface area (Å²) in [6.45, 7) is 0.211. The minimum absolute atomic E-state index is 0.302. The molecule has 1 heterocycles. The van der Waals surface area contributed by atoms with Crippen molar-refractivity contribution in [3.8, 4) is 5.88 Å². The lowest BCUT2D eigenvalue weighted by Gasteiger charge is -2.15. The molecule has 0 aliphatic rings. The summed E-state index contributed by atoms with van der Waals surface area (Å²) in [5.41, 5.74) is 0.107. The van der Waals surface area contributed by atoms with Crippen LogP contribution in [0.15, 0.2) is 30.5 Å². The summed E-state index contributed by atoms with van der Waals surface area (Å²) in [6, 6.07) is 7.09.